The maximum absolute atomic E-state index is 9.77. The summed E-state index contributed by atoms with van der Waals surface area (Å²) in [5.74, 6) is 0. The molecule has 2 aromatic heterocycles. The molecule has 0 aliphatic rings. The molecule has 0 fully saturated rings. The number of fused-ring (bicyclic) bond motifs is 1. The van der Waals surface area contributed by atoms with E-state index in [9.17, 15) is 5.26 Å². The van der Waals surface area contributed by atoms with E-state index in [1.165, 1.54) is 11.1 Å². The molecule has 0 saturated heterocycles. The van der Waals surface area contributed by atoms with Crippen molar-refractivity contribution in [2.45, 2.75) is 6.54 Å². The van der Waals surface area contributed by atoms with Crippen molar-refractivity contribution in [2.75, 3.05) is 5.32 Å². The number of nitrogens with zero attached hydrogens (tertiary/aromatic N) is 6. The topological polar surface area (TPSA) is 92.3 Å². The number of nitrogens with one attached hydrogen (secondary N) is 1. The van der Waals surface area contributed by atoms with Crippen LogP contribution >= 0.6 is 0 Å². The van der Waals surface area contributed by atoms with Crippen molar-refractivity contribution in [1.29, 1.82) is 5.26 Å². The lowest BCUT2D eigenvalue weighted by Crippen LogP contribution is -2.10. The van der Waals surface area contributed by atoms with E-state index in [-0.39, 0.29) is 6.54 Å². The first kappa shape index (κ1) is 14.8. The highest BCUT2D eigenvalue weighted by Crippen LogP contribution is 2.31. The van der Waals surface area contributed by atoms with Crippen molar-refractivity contribution in [3.05, 3.63) is 72.2 Å². The fourth-order valence-electron chi connectivity index (χ4n) is 2.69. The molecule has 1 N–H and O–H groups in total. The molecule has 120 valence electrons. The van der Waals surface area contributed by atoms with E-state index in [1.807, 2.05) is 54.6 Å². The predicted octanol–water partition coefficient (Wildman–Crippen LogP) is 2.88. The number of rotatable bonds is 4. The molecule has 0 spiro atoms. The highest BCUT2D eigenvalue weighted by atomic mass is 15.6. The number of anilines is 2. The summed E-state index contributed by atoms with van der Waals surface area (Å²) >= 11 is 0. The second-order valence-electron chi connectivity index (χ2n) is 5.39. The Hall–Kier alpha value is -3.79. The molecule has 2 aromatic carbocycles. The van der Waals surface area contributed by atoms with Crippen molar-refractivity contribution in [3.8, 4) is 6.07 Å². The van der Waals surface area contributed by atoms with Crippen LogP contribution in [0.25, 0.3) is 10.9 Å². The number of hydrogen-bond donors (Lipinski definition) is 1. The van der Waals surface area contributed by atoms with E-state index in [0.29, 0.717) is 11.3 Å². The van der Waals surface area contributed by atoms with Gasteiger partial charge < -0.3 is 5.32 Å². The summed E-state index contributed by atoms with van der Waals surface area (Å²) in [6.07, 6.45) is 1.36. The van der Waals surface area contributed by atoms with E-state index in [0.717, 1.165) is 22.3 Å². The zero-order valence-corrected chi connectivity index (χ0v) is 13.2. The largest absolute Gasteiger partial charge is 0.354 e. The number of para-hydroxylation sites is 2. The van der Waals surface area contributed by atoms with Crippen LogP contribution in [0.1, 0.15) is 11.3 Å². The number of hydrogen-bond acceptors (Lipinski definition) is 6. The smallest absolute Gasteiger partial charge is 0.162 e. The molecule has 0 radical (unpaired) electrons. The van der Waals surface area contributed by atoms with Crippen LogP contribution in [0.5, 0.6) is 0 Å². The quantitative estimate of drug-likeness (QED) is 0.619. The molecule has 25 heavy (non-hydrogen) atoms. The highest BCUT2D eigenvalue weighted by Gasteiger charge is 2.16. The summed E-state index contributed by atoms with van der Waals surface area (Å²) in [4.78, 5) is 6.04. The van der Waals surface area contributed by atoms with E-state index < -0.39 is 0 Å². The normalized spacial score (nSPS) is 10.5. The molecule has 7 nitrogen and oxygen atoms in total. The third-order valence-electron chi connectivity index (χ3n) is 3.80. The van der Waals surface area contributed by atoms with Crippen molar-refractivity contribution in [3.63, 3.8) is 0 Å². The average molecular weight is 327 g/mol. The minimum atomic E-state index is 0.275. The van der Waals surface area contributed by atoms with Crippen LogP contribution in [0.15, 0.2) is 60.9 Å². The Morgan fingerprint density at radius 2 is 1.84 bits per heavy atom. The van der Waals surface area contributed by atoms with Gasteiger partial charge in [-0.25, -0.2) is 4.98 Å². The molecule has 4 aromatic rings. The lowest BCUT2D eigenvalue weighted by atomic mass is 10.1. The minimum Gasteiger partial charge on any atom is -0.354 e. The van der Waals surface area contributed by atoms with Crippen molar-refractivity contribution < 1.29 is 0 Å². The van der Waals surface area contributed by atoms with E-state index in [1.54, 1.807) is 0 Å². The van der Waals surface area contributed by atoms with Gasteiger partial charge in [0.05, 0.1) is 22.5 Å². The Kier molecular flexibility index (Phi) is 3.77. The number of benzene rings is 2. The predicted molar refractivity (Wildman–Crippen MR) is 93.1 cm³/mol. The fraction of sp³-hybridized carbons (Fsp3) is 0.0556. The summed E-state index contributed by atoms with van der Waals surface area (Å²) in [7, 11) is 0. The second-order valence-corrected chi connectivity index (χ2v) is 5.39. The Morgan fingerprint density at radius 3 is 2.60 bits per heavy atom. The van der Waals surface area contributed by atoms with Gasteiger partial charge in [-0.3, -0.25) is 0 Å². The first-order valence-corrected chi connectivity index (χ1v) is 7.70. The first-order valence-electron chi connectivity index (χ1n) is 7.70. The molecular weight excluding hydrogens is 314 g/mol. The lowest BCUT2D eigenvalue weighted by molar-refractivity contribution is 0.564. The molecule has 7 heteroatoms. The third-order valence-corrected chi connectivity index (χ3v) is 3.80. The Balaban J connectivity index is 1.90. The van der Waals surface area contributed by atoms with Gasteiger partial charge in [0.25, 0.3) is 0 Å². The van der Waals surface area contributed by atoms with Gasteiger partial charge in [-0.05, 0) is 23.4 Å². The third kappa shape index (κ3) is 2.88. The molecule has 0 aliphatic carbocycles. The summed E-state index contributed by atoms with van der Waals surface area (Å²) in [6.45, 7) is 0.275. The second kappa shape index (κ2) is 6.37. The van der Waals surface area contributed by atoms with Gasteiger partial charge in [-0.2, -0.15) is 10.1 Å². The van der Waals surface area contributed by atoms with Gasteiger partial charge >= 0.3 is 0 Å². The summed E-state index contributed by atoms with van der Waals surface area (Å²) in [6, 6.07) is 19.7. The Labute approximate surface area is 143 Å². The number of aromatic nitrogens is 5. The Bertz CT molecular complexity index is 1050. The monoisotopic (exact) mass is 327 g/mol. The van der Waals surface area contributed by atoms with Gasteiger partial charge in [0.15, 0.2) is 6.33 Å². The van der Waals surface area contributed by atoms with Crippen LogP contribution in [0.2, 0.25) is 0 Å². The first-order chi connectivity index (χ1) is 12.3. The number of tetrazole rings is 1. The van der Waals surface area contributed by atoms with Gasteiger partial charge in [-0.15, -0.1) is 10.2 Å². The molecule has 0 aliphatic heterocycles. The SMILES string of the molecule is N#Cc1c(Cn2ncnn2)nc2ccccc2c1Nc1ccccc1. The number of pyridine rings is 1. The molecule has 0 amide bonds. The van der Waals surface area contributed by atoms with Gasteiger partial charge in [0, 0.05) is 11.1 Å². The van der Waals surface area contributed by atoms with E-state index in [2.05, 4.69) is 31.8 Å². The molecular formula is C18H13N7. The Morgan fingerprint density at radius 1 is 1.04 bits per heavy atom. The van der Waals surface area contributed by atoms with Crippen molar-refractivity contribution >= 4 is 22.3 Å². The average Bonchev–Trinajstić information content (AvgIpc) is 3.16. The summed E-state index contributed by atoms with van der Waals surface area (Å²) in [5.41, 5.74) is 3.50. The van der Waals surface area contributed by atoms with Crippen LogP contribution in [0, 0.1) is 11.3 Å². The van der Waals surface area contributed by atoms with Crippen LogP contribution < -0.4 is 5.32 Å². The molecule has 0 saturated carbocycles. The van der Waals surface area contributed by atoms with Crippen molar-refractivity contribution in [1.82, 2.24) is 25.2 Å². The molecule has 4 rings (SSSR count). The van der Waals surface area contributed by atoms with Gasteiger partial charge in [0.1, 0.15) is 12.6 Å². The zero-order valence-electron chi connectivity index (χ0n) is 13.2. The molecule has 0 atom stereocenters. The molecule has 0 unspecified atom stereocenters. The van der Waals surface area contributed by atoms with Gasteiger partial charge in [-0.1, -0.05) is 36.4 Å². The van der Waals surface area contributed by atoms with Crippen LogP contribution in [-0.2, 0) is 6.54 Å². The zero-order chi connectivity index (χ0) is 17.1. The van der Waals surface area contributed by atoms with Crippen molar-refractivity contribution in [2.24, 2.45) is 0 Å². The van der Waals surface area contributed by atoms with Crippen LogP contribution in [0.3, 0.4) is 0 Å². The fourth-order valence-corrected chi connectivity index (χ4v) is 2.69. The maximum atomic E-state index is 9.77. The van der Waals surface area contributed by atoms with Crippen LogP contribution in [-0.4, -0.2) is 25.2 Å². The van der Waals surface area contributed by atoms with E-state index >= 15 is 0 Å². The summed E-state index contributed by atoms with van der Waals surface area (Å²) in [5, 5.41) is 25.6. The summed E-state index contributed by atoms with van der Waals surface area (Å²) < 4.78 is 0. The minimum absolute atomic E-state index is 0.275. The highest BCUT2D eigenvalue weighted by molar-refractivity contribution is 5.96. The van der Waals surface area contributed by atoms with Crippen LogP contribution in [0.4, 0.5) is 11.4 Å². The molecule has 0 bridgehead atoms. The van der Waals surface area contributed by atoms with E-state index in [4.69, 9.17) is 0 Å². The number of nitriles is 1. The standard InChI is InChI=1S/C18H13N7/c19-10-15-17(11-25-21-12-20-24-25)23-16-9-5-4-8-14(16)18(15)22-13-6-2-1-3-7-13/h1-9,12H,11H2,(H,22,23). The molecule has 2 heterocycles. The van der Waals surface area contributed by atoms with Gasteiger partial charge in [0.2, 0.25) is 0 Å². The maximum Gasteiger partial charge on any atom is 0.162 e. The lowest BCUT2D eigenvalue weighted by Gasteiger charge is -2.14.